The van der Waals surface area contributed by atoms with Crippen molar-refractivity contribution in [2.24, 2.45) is 0 Å². The minimum Gasteiger partial charge on any atom is -0.497 e. The molecule has 1 aliphatic heterocycles. The van der Waals surface area contributed by atoms with Gasteiger partial charge in [-0.3, -0.25) is 9.59 Å². The van der Waals surface area contributed by atoms with Gasteiger partial charge in [-0.15, -0.1) is 11.8 Å². The average molecular weight is 464 g/mol. The standard InChI is InChI=1S/C22H22F2N2O5S/c1-29-16-7-5-15(6-8-16)25-21(28)17-12-32-13-26(17)20(27)10-4-14-3-9-18(31-22(23)24)19(11-14)30-2/h3-11,17,22H,12-13H2,1-2H3,(H,25,28)/b10-4+. The van der Waals surface area contributed by atoms with Crippen LogP contribution in [0.15, 0.2) is 48.5 Å². The van der Waals surface area contributed by atoms with Gasteiger partial charge in [-0.25, -0.2) is 0 Å². The number of hydrogen-bond acceptors (Lipinski definition) is 6. The van der Waals surface area contributed by atoms with Crippen molar-refractivity contribution < 1.29 is 32.6 Å². The van der Waals surface area contributed by atoms with E-state index in [1.54, 1.807) is 31.4 Å². The number of amides is 2. The molecule has 0 saturated carbocycles. The molecular weight excluding hydrogens is 442 g/mol. The largest absolute Gasteiger partial charge is 0.497 e. The number of rotatable bonds is 8. The summed E-state index contributed by atoms with van der Waals surface area (Å²) in [6.45, 7) is -2.97. The lowest BCUT2D eigenvalue weighted by Gasteiger charge is -2.21. The number of nitrogens with zero attached hydrogens (tertiary/aromatic N) is 1. The van der Waals surface area contributed by atoms with Crippen LogP contribution >= 0.6 is 11.8 Å². The van der Waals surface area contributed by atoms with E-state index in [1.807, 2.05) is 0 Å². The second kappa shape index (κ2) is 10.9. The first-order valence-corrected chi connectivity index (χ1v) is 10.7. The molecule has 0 aliphatic carbocycles. The van der Waals surface area contributed by atoms with E-state index in [9.17, 15) is 18.4 Å². The van der Waals surface area contributed by atoms with E-state index >= 15 is 0 Å². The fraction of sp³-hybridized carbons (Fsp3) is 0.273. The Bertz CT molecular complexity index is 985. The molecule has 1 heterocycles. The Morgan fingerprint density at radius 1 is 1.12 bits per heavy atom. The smallest absolute Gasteiger partial charge is 0.387 e. The van der Waals surface area contributed by atoms with Gasteiger partial charge >= 0.3 is 6.61 Å². The second-order valence-corrected chi connectivity index (χ2v) is 7.66. The third-order valence-electron chi connectivity index (χ3n) is 4.65. The molecule has 32 heavy (non-hydrogen) atoms. The number of anilines is 1. The number of carbonyl (C=O) groups excluding carboxylic acids is 2. The molecule has 1 saturated heterocycles. The molecule has 2 aromatic carbocycles. The average Bonchev–Trinajstić information content (AvgIpc) is 3.28. The van der Waals surface area contributed by atoms with Crippen LogP contribution in [0, 0.1) is 0 Å². The molecule has 1 atom stereocenters. The van der Waals surface area contributed by atoms with Crippen LogP contribution in [0.1, 0.15) is 5.56 Å². The van der Waals surface area contributed by atoms with Crippen LogP contribution in [0.4, 0.5) is 14.5 Å². The van der Waals surface area contributed by atoms with Gasteiger partial charge in [-0.2, -0.15) is 8.78 Å². The lowest BCUT2D eigenvalue weighted by molar-refractivity contribution is -0.132. The summed E-state index contributed by atoms with van der Waals surface area (Å²) in [6, 6.07) is 10.6. The third kappa shape index (κ3) is 5.91. The van der Waals surface area contributed by atoms with Gasteiger partial charge in [0, 0.05) is 17.5 Å². The lowest BCUT2D eigenvalue weighted by Crippen LogP contribution is -2.43. The minimum absolute atomic E-state index is 0.0998. The second-order valence-electron chi connectivity index (χ2n) is 6.66. The first kappa shape index (κ1) is 23.4. The summed E-state index contributed by atoms with van der Waals surface area (Å²) in [5.74, 6) is 0.940. The maximum Gasteiger partial charge on any atom is 0.387 e. The van der Waals surface area contributed by atoms with E-state index in [1.165, 1.54) is 54.1 Å². The van der Waals surface area contributed by atoms with Gasteiger partial charge in [0.2, 0.25) is 11.8 Å². The molecule has 1 N–H and O–H groups in total. The van der Waals surface area contributed by atoms with Gasteiger partial charge in [0.25, 0.3) is 0 Å². The van der Waals surface area contributed by atoms with Gasteiger partial charge in [-0.1, -0.05) is 6.07 Å². The van der Waals surface area contributed by atoms with Gasteiger partial charge in [0.15, 0.2) is 11.5 Å². The highest BCUT2D eigenvalue weighted by Gasteiger charge is 2.33. The molecule has 170 valence electrons. The Kier molecular flexibility index (Phi) is 7.93. The zero-order valence-electron chi connectivity index (χ0n) is 17.4. The van der Waals surface area contributed by atoms with Crippen LogP contribution < -0.4 is 19.5 Å². The summed E-state index contributed by atoms with van der Waals surface area (Å²) < 4.78 is 39.5. The van der Waals surface area contributed by atoms with E-state index < -0.39 is 12.7 Å². The number of alkyl halides is 2. The van der Waals surface area contributed by atoms with Crippen LogP contribution in [0.25, 0.3) is 6.08 Å². The van der Waals surface area contributed by atoms with Crippen LogP contribution in [-0.4, -0.2) is 55.2 Å². The Balaban J connectivity index is 1.65. The van der Waals surface area contributed by atoms with E-state index in [4.69, 9.17) is 9.47 Å². The summed E-state index contributed by atoms with van der Waals surface area (Å²) in [6.07, 6.45) is 2.86. The fourth-order valence-corrected chi connectivity index (χ4v) is 4.19. The Morgan fingerprint density at radius 2 is 1.88 bits per heavy atom. The number of benzene rings is 2. The molecular formula is C22H22F2N2O5S. The molecule has 3 rings (SSSR count). The van der Waals surface area contributed by atoms with Crippen molar-refractivity contribution >= 4 is 35.3 Å². The van der Waals surface area contributed by atoms with Gasteiger partial charge in [-0.05, 0) is 48.0 Å². The van der Waals surface area contributed by atoms with Crippen LogP contribution in [0.5, 0.6) is 17.2 Å². The van der Waals surface area contributed by atoms with Gasteiger partial charge < -0.3 is 24.4 Å². The first-order chi connectivity index (χ1) is 15.4. The Labute approximate surface area is 188 Å². The lowest BCUT2D eigenvalue weighted by atomic mass is 10.1. The quantitative estimate of drug-likeness (QED) is 0.598. The van der Waals surface area contributed by atoms with E-state index in [0.29, 0.717) is 28.6 Å². The molecule has 1 fully saturated rings. The third-order valence-corrected chi connectivity index (χ3v) is 5.66. The van der Waals surface area contributed by atoms with Crippen LogP contribution in [0.2, 0.25) is 0 Å². The van der Waals surface area contributed by atoms with E-state index in [-0.39, 0.29) is 23.3 Å². The summed E-state index contributed by atoms with van der Waals surface area (Å²) in [5, 5.41) is 2.81. The minimum atomic E-state index is -2.97. The van der Waals surface area contributed by atoms with Crippen molar-refractivity contribution in [2.75, 3.05) is 31.2 Å². The van der Waals surface area contributed by atoms with Gasteiger partial charge in [0.05, 0.1) is 20.1 Å². The topological polar surface area (TPSA) is 77.1 Å². The molecule has 0 aromatic heterocycles. The molecule has 7 nitrogen and oxygen atoms in total. The summed E-state index contributed by atoms with van der Waals surface area (Å²) in [5.41, 5.74) is 1.16. The van der Waals surface area contributed by atoms with Crippen LogP contribution in [-0.2, 0) is 9.59 Å². The molecule has 10 heteroatoms. The molecule has 2 aromatic rings. The number of nitrogens with one attached hydrogen (secondary N) is 1. The van der Waals surface area contributed by atoms with Crippen LogP contribution in [0.3, 0.4) is 0 Å². The maximum absolute atomic E-state index is 12.7. The van der Waals surface area contributed by atoms with E-state index in [2.05, 4.69) is 10.1 Å². The molecule has 1 unspecified atom stereocenters. The zero-order valence-corrected chi connectivity index (χ0v) is 18.2. The Hall–Kier alpha value is -3.27. The zero-order chi connectivity index (χ0) is 23.1. The van der Waals surface area contributed by atoms with E-state index in [0.717, 1.165) is 0 Å². The molecule has 0 radical (unpaired) electrons. The molecule has 1 aliphatic rings. The summed E-state index contributed by atoms with van der Waals surface area (Å²) in [4.78, 5) is 26.9. The summed E-state index contributed by atoms with van der Waals surface area (Å²) in [7, 11) is 2.89. The number of methoxy groups -OCH3 is 2. The maximum atomic E-state index is 12.7. The predicted octanol–water partition coefficient (Wildman–Crippen LogP) is 3.86. The molecule has 0 spiro atoms. The molecule has 0 bridgehead atoms. The number of halogens is 2. The highest BCUT2D eigenvalue weighted by Crippen LogP contribution is 2.30. The Morgan fingerprint density at radius 3 is 2.53 bits per heavy atom. The van der Waals surface area contributed by atoms with Crippen molar-refractivity contribution in [3.63, 3.8) is 0 Å². The SMILES string of the molecule is COc1ccc(NC(=O)C2CSCN2C(=O)/C=C/c2ccc(OC(F)F)c(OC)c2)cc1. The normalized spacial score (nSPS) is 15.8. The number of carbonyl (C=O) groups is 2. The highest BCUT2D eigenvalue weighted by molar-refractivity contribution is 7.99. The summed E-state index contributed by atoms with van der Waals surface area (Å²) >= 11 is 1.48. The van der Waals surface area contributed by atoms with Crippen molar-refractivity contribution in [1.29, 1.82) is 0 Å². The van der Waals surface area contributed by atoms with Crippen molar-refractivity contribution in [2.45, 2.75) is 12.7 Å². The number of hydrogen-bond donors (Lipinski definition) is 1. The fourth-order valence-electron chi connectivity index (χ4n) is 3.02. The predicted molar refractivity (Wildman–Crippen MR) is 118 cm³/mol. The highest BCUT2D eigenvalue weighted by atomic mass is 32.2. The first-order valence-electron chi connectivity index (χ1n) is 9.55. The van der Waals surface area contributed by atoms with Crippen molar-refractivity contribution in [1.82, 2.24) is 4.90 Å². The van der Waals surface area contributed by atoms with Crippen molar-refractivity contribution in [3.05, 3.63) is 54.1 Å². The molecule has 2 amide bonds. The van der Waals surface area contributed by atoms with Crippen molar-refractivity contribution in [3.8, 4) is 17.2 Å². The number of thioether (sulfide) groups is 1. The van der Waals surface area contributed by atoms with Gasteiger partial charge in [0.1, 0.15) is 11.8 Å². The monoisotopic (exact) mass is 464 g/mol. The number of ether oxygens (including phenoxy) is 3.